The van der Waals surface area contributed by atoms with Crippen molar-refractivity contribution in [3.8, 4) is 0 Å². The van der Waals surface area contributed by atoms with Crippen molar-refractivity contribution in [2.45, 2.75) is 58.8 Å². The third-order valence-corrected chi connectivity index (χ3v) is 2.87. The molecule has 0 heterocycles. The molecule has 3 nitrogen and oxygen atoms in total. The number of ether oxygens (including phenoxy) is 1. The molecule has 0 rings (SSSR count). The summed E-state index contributed by atoms with van der Waals surface area (Å²) >= 11 is 0. The van der Waals surface area contributed by atoms with E-state index in [4.69, 9.17) is 4.74 Å². The van der Waals surface area contributed by atoms with Crippen LogP contribution in [0.4, 0.5) is 0 Å². The van der Waals surface area contributed by atoms with E-state index in [1.165, 1.54) is 32.2 Å². The zero-order chi connectivity index (χ0) is 12.9. The second kappa shape index (κ2) is 11.9. The molecule has 0 spiro atoms. The Labute approximate surface area is 107 Å². The maximum Gasteiger partial charge on any atom is 0.305 e. The number of esters is 1. The fourth-order valence-electron chi connectivity index (χ4n) is 1.80. The summed E-state index contributed by atoms with van der Waals surface area (Å²) in [6.07, 6.45) is 7.75. The van der Waals surface area contributed by atoms with Gasteiger partial charge in [0.15, 0.2) is 0 Å². The van der Waals surface area contributed by atoms with Crippen molar-refractivity contribution >= 4 is 5.97 Å². The van der Waals surface area contributed by atoms with E-state index in [1.54, 1.807) is 0 Å². The number of carbonyl (C=O) groups is 1. The molecule has 0 aliphatic heterocycles. The lowest BCUT2D eigenvalue weighted by Gasteiger charge is -2.15. The molecule has 0 fully saturated rings. The highest BCUT2D eigenvalue weighted by Gasteiger charge is 2.02. The van der Waals surface area contributed by atoms with Gasteiger partial charge in [-0.25, -0.2) is 0 Å². The second-order valence-electron chi connectivity index (χ2n) is 4.63. The Morgan fingerprint density at radius 3 is 2.24 bits per heavy atom. The first kappa shape index (κ1) is 16.4. The minimum absolute atomic E-state index is 0.0520. The SMILES string of the molecule is CCCCCN(C)CCCCCC(=O)OCC. The Morgan fingerprint density at radius 1 is 1.00 bits per heavy atom. The number of hydrogen-bond donors (Lipinski definition) is 0. The third kappa shape index (κ3) is 11.7. The molecule has 0 radical (unpaired) electrons. The predicted octanol–water partition coefficient (Wildman–Crippen LogP) is 3.23. The second-order valence-corrected chi connectivity index (χ2v) is 4.63. The average molecular weight is 243 g/mol. The highest BCUT2D eigenvalue weighted by Crippen LogP contribution is 2.03. The molecule has 17 heavy (non-hydrogen) atoms. The molecule has 102 valence electrons. The van der Waals surface area contributed by atoms with Crippen LogP contribution < -0.4 is 0 Å². The normalized spacial score (nSPS) is 10.8. The number of hydrogen-bond acceptors (Lipinski definition) is 3. The van der Waals surface area contributed by atoms with Crippen LogP contribution in [0.25, 0.3) is 0 Å². The summed E-state index contributed by atoms with van der Waals surface area (Å²) in [5.74, 6) is -0.0520. The van der Waals surface area contributed by atoms with Crippen LogP contribution in [-0.2, 0) is 9.53 Å². The summed E-state index contributed by atoms with van der Waals surface area (Å²) in [5.41, 5.74) is 0. The molecule has 0 aromatic carbocycles. The first-order valence-corrected chi connectivity index (χ1v) is 7.04. The Balaban J connectivity index is 3.24. The van der Waals surface area contributed by atoms with E-state index >= 15 is 0 Å². The molecule has 0 atom stereocenters. The van der Waals surface area contributed by atoms with E-state index in [2.05, 4.69) is 18.9 Å². The number of nitrogens with zero attached hydrogens (tertiary/aromatic N) is 1. The Hall–Kier alpha value is -0.570. The molecule has 0 amide bonds. The van der Waals surface area contributed by atoms with Crippen LogP contribution in [0, 0.1) is 0 Å². The standard InChI is InChI=1S/C14H29NO2/c1-4-6-9-12-15(3)13-10-7-8-11-14(16)17-5-2/h4-13H2,1-3H3. The van der Waals surface area contributed by atoms with E-state index in [0.717, 1.165) is 19.4 Å². The minimum atomic E-state index is -0.0520. The minimum Gasteiger partial charge on any atom is -0.466 e. The lowest BCUT2D eigenvalue weighted by Crippen LogP contribution is -2.20. The van der Waals surface area contributed by atoms with Crippen molar-refractivity contribution < 1.29 is 9.53 Å². The molecule has 0 aromatic rings. The monoisotopic (exact) mass is 243 g/mol. The van der Waals surface area contributed by atoms with Crippen molar-refractivity contribution in [2.24, 2.45) is 0 Å². The molecule has 0 aliphatic rings. The quantitative estimate of drug-likeness (QED) is 0.412. The van der Waals surface area contributed by atoms with Gasteiger partial charge in [0.25, 0.3) is 0 Å². The molecule has 0 N–H and O–H groups in total. The molecular weight excluding hydrogens is 214 g/mol. The molecule has 0 aliphatic carbocycles. The van der Waals surface area contributed by atoms with Gasteiger partial charge in [0.05, 0.1) is 6.61 Å². The lowest BCUT2D eigenvalue weighted by molar-refractivity contribution is -0.143. The van der Waals surface area contributed by atoms with Crippen LogP contribution in [-0.4, -0.2) is 37.6 Å². The van der Waals surface area contributed by atoms with Gasteiger partial charge in [0.2, 0.25) is 0 Å². The highest BCUT2D eigenvalue weighted by atomic mass is 16.5. The van der Waals surface area contributed by atoms with Gasteiger partial charge < -0.3 is 9.64 Å². The van der Waals surface area contributed by atoms with Crippen molar-refractivity contribution in [2.75, 3.05) is 26.7 Å². The van der Waals surface area contributed by atoms with Crippen molar-refractivity contribution in [3.05, 3.63) is 0 Å². The largest absolute Gasteiger partial charge is 0.466 e. The smallest absolute Gasteiger partial charge is 0.305 e. The van der Waals surface area contributed by atoms with Gasteiger partial charge in [-0.1, -0.05) is 26.2 Å². The van der Waals surface area contributed by atoms with Crippen molar-refractivity contribution in [1.82, 2.24) is 4.90 Å². The summed E-state index contributed by atoms with van der Waals surface area (Å²) in [5, 5.41) is 0. The summed E-state index contributed by atoms with van der Waals surface area (Å²) in [6.45, 7) is 6.93. The maximum atomic E-state index is 11.1. The summed E-state index contributed by atoms with van der Waals surface area (Å²) in [6, 6.07) is 0. The van der Waals surface area contributed by atoms with E-state index in [9.17, 15) is 4.79 Å². The van der Waals surface area contributed by atoms with Gasteiger partial charge in [-0.3, -0.25) is 4.79 Å². The maximum absolute atomic E-state index is 11.1. The summed E-state index contributed by atoms with van der Waals surface area (Å²) in [4.78, 5) is 13.5. The molecule has 0 bridgehead atoms. The molecule has 3 heteroatoms. The zero-order valence-electron chi connectivity index (χ0n) is 11.8. The van der Waals surface area contributed by atoms with Crippen molar-refractivity contribution in [3.63, 3.8) is 0 Å². The average Bonchev–Trinajstić information content (AvgIpc) is 2.29. The first-order valence-electron chi connectivity index (χ1n) is 7.04. The van der Waals surface area contributed by atoms with Gasteiger partial charge in [-0.2, -0.15) is 0 Å². The van der Waals surface area contributed by atoms with Gasteiger partial charge in [-0.05, 0) is 46.3 Å². The third-order valence-electron chi connectivity index (χ3n) is 2.87. The fourth-order valence-corrected chi connectivity index (χ4v) is 1.80. The molecule has 0 aromatic heterocycles. The Bertz CT molecular complexity index is 183. The molecular formula is C14H29NO2. The number of unbranched alkanes of at least 4 members (excludes halogenated alkanes) is 4. The van der Waals surface area contributed by atoms with Gasteiger partial charge in [0, 0.05) is 6.42 Å². The first-order chi connectivity index (χ1) is 8.20. The predicted molar refractivity (Wildman–Crippen MR) is 72.1 cm³/mol. The van der Waals surface area contributed by atoms with Gasteiger partial charge in [-0.15, -0.1) is 0 Å². The molecule has 0 saturated heterocycles. The lowest BCUT2D eigenvalue weighted by atomic mass is 10.2. The summed E-state index contributed by atoms with van der Waals surface area (Å²) in [7, 11) is 2.18. The fraction of sp³-hybridized carbons (Fsp3) is 0.929. The Morgan fingerprint density at radius 2 is 1.65 bits per heavy atom. The van der Waals surface area contributed by atoms with Crippen LogP contribution >= 0.6 is 0 Å². The molecule has 0 saturated carbocycles. The van der Waals surface area contributed by atoms with E-state index in [-0.39, 0.29) is 5.97 Å². The van der Waals surface area contributed by atoms with E-state index in [0.29, 0.717) is 13.0 Å². The van der Waals surface area contributed by atoms with Crippen molar-refractivity contribution in [1.29, 1.82) is 0 Å². The van der Waals surface area contributed by atoms with Gasteiger partial charge in [0.1, 0.15) is 0 Å². The van der Waals surface area contributed by atoms with Crippen LogP contribution in [0.5, 0.6) is 0 Å². The topological polar surface area (TPSA) is 29.5 Å². The summed E-state index contributed by atoms with van der Waals surface area (Å²) < 4.78 is 4.89. The van der Waals surface area contributed by atoms with Crippen LogP contribution in [0.15, 0.2) is 0 Å². The number of rotatable bonds is 11. The Kier molecular flexibility index (Phi) is 11.5. The van der Waals surface area contributed by atoms with Crippen LogP contribution in [0.1, 0.15) is 58.8 Å². The molecule has 0 unspecified atom stereocenters. The zero-order valence-corrected chi connectivity index (χ0v) is 11.8. The highest BCUT2D eigenvalue weighted by molar-refractivity contribution is 5.69. The van der Waals surface area contributed by atoms with Crippen LogP contribution in [0.3, 0.4) is 0 Å². The van der Waals surface area contributed by atoms with Crippen LogP contribution in [0.2, 0.25) is 0 Å². The number of carbonyl (C=O) groups excluding carboxylic acids is 1. The van der Waals surface area contributed by atoms with Gasteiger partial charge >= 0.3 is 5.97 Å². The van der Waals surface area contributed by atoms with E-state index in [1.807, 2.05) is 6.92 Å². The van der Waals surface area contributed by atoms with E-state index < -0.39 is 0 Å².